The number of hydrogen-bond acceptors (Lipinski definition) is 5. The van der Waals surface area contributed by atoms with Crippen LogP contribution >= 0.6 is 11.6 Å². The minimum Gasteiger partial charge on any atom is -0.451 e. The summed E-state index contributed by atoms with van der Waals surface area (Å²) in [6.07, 6.45) is -0.456. The lowest BCUT2D eigenvalue weighted by atomic mass is 10.1. The Morgan fingerprint density at radius 2 is 1.70 bits per heavy atom. The normalized spacial score (nSPS) is 16.2. The van der Waals surface area contributed by atoms with Crippen LogP contribution < -0.4 is 4.31 Å². The van der Waals surface area contributed by atoms with Gasteiger partial charge in [0.05, 0.1) is 16.1 Å². The average Bonchev–Trinajstić information content (AvgIpc) is 3.15. The van der Waals surface area contributed by atoms with E-state index in [0.717, 1.165) is 5.56 Å². The molecule has 8 heteroatoms. The van der Waals surface area contributed by atoms with E-state index in [0.29, 0.717) is 22.7 Å². The molecule has 3 aromatic carbocycles. The molecule has 2 atom stereocenters. The van der Waals surface area contributed by atoms with Crippen molar-refractivity contribution in [1.82, 2.24) is 0 Å². The molecule has 0 spiro atoms. The monoisotopic (exact) mass is 483 g/mol. The van der Waals surface area contributed by atoms with Crippen molar-refractivity contribution in [3.8, 4) is 0 Å². The van der Waals surface area contributed by atoms with E-state index in [1.165, 1.54) is 41.6 Å². The second-order valence-electron chi connectivity index (χ2n) is 7.93. The standard InChI is InChI=1S/C25H22ClNO5S/c1-16-13-18-7-3-4-12-23(18)27(16)33(30,31)22-11-6-9-20(15-22)25(29)32-17(2)24(28)19-8-5-10-21(26)14-19/h3-12,14-17H,13H2,1-2H3. The van der Waals surface area contributed by atoms with Gasteiger partial charge in [0.15, 0.2) is 6.10 Å². The van der Waals surface area contributed by atoms with Crippen LogP contribution in [-0.4, -0.2) is 32.3 Å². The Hall–Kier alpha value is -3.16. The molecule has 6 nitrogen and oxygen atoms in total. The van der Waals surface area contributed by atoms with Crippen molar-refractivity contribution in [3.05, 3.63) is 94.5 Å². The fourth-order valence-electron chi connectivity index (χ4n) is 3.96. The number of esters is 1. The number of nitrogens with zero attached hydrogens (tertiary/aromatic N) is 1. The van der Waals surface area contributed by atoms with E-state index in [-0.39, 0.29) is 16.5 Å². The molecule has 3 aromatic rings. The highest BCUT2D eigenvalue weighted by atomic mass is 35.5. The van der Waals surface area contributed by atoms with Crippen LogP contribution in [0.4, 0.5) is 5.69 Å². The topological polar surface area (TPSA) is 80.8 Å². The molecule has 1 aliphatic rings. The van der Waals surface area contributed by atoms with Crippen molar-refractivity contribution in [2.45, 2.75) is 37.3 Å². The molecular weight excluding hydrogens is 462 g/mol. The highest BCUT2D eigenvalue weighted by molar-refractivity contribution is 7.92. The fraction of sp³-hybridized carbons (Fsp3) is 0.200. The smallest absolute Gasteiger partial charge is 0.338 e. The Morgan fingerprint density at radius 1 is 1.00 bits per heavy atom. The lowest BCUT2D eigenvalue weighted by Gasteiger charge is -2.24. The van der Waals surface area contributed by atoms with Crippen molar-refractivity contribution in [3.63, 3.8) is 0 Å². The van der Waals surface area contributed by atoms with Gasteiger partial charge in [-0.15, -0.1) is 0 Å². The molecule has 2 unspecified atom stereocenters. The Balaban J connectivity index is 1.56. The second kappa shape index (κ2) is 9.00. The zero-order valence-electron chi connectivity index (χ0n) is 18.1. The number of ether oxygens (including phenoxy) is 1. The number of halogens is 1. The van der Waals surface area contributed by atoms with Gasteiger partial charge in [-0.2, -0.15) is 0 Å². The van der Waals surface area contributed by atoms with Crippen molar-refractivity contribution in [2.24, 2.45) is 0 Å². The van der Waals surface area contributed by atoms with Gasteiger partial charge < -0.3 is 4.74 Å². The van der Waals surface area contributed by atoms with E-state index in [1.54, 1.807) is 30.3 Å². The van der Waals surface area contributed by atoms with Gasteiger partial charge in [-0.25, -0.2) is 13.2 Å². The number of hydrogen-bond donors (Lipinski definition) is 0. The summed E-state index contributed by atoms with van der Waals surface area (Å²) in [7, 11) is -3.91. The molecule has 0 amide bonds. The Labute approximate surface area is 197 Å². The van der Waals surface area contributed by atoms with Crippen molar-refractivity contribution in [1.29, 1.82) is 0 Å². The molecule has 170 valence electrons. The number of para-hydroxylation sites is 1. The van der Waals surface area contributed by atoms with E-state index < -0.39 is 27.9 Å². The number of ketones is 1. The number of sulfonamides is 1. The Bertz CT molecular complexity index is 1340. The van der Waals surface area contributed by atoms with E-state index in [2.05, 4.69) is 0 Å². The molecule has 4 rings (SSSR count). The number of anilines is 1. The highest BCUT2D eigenvalue weighted by Crippen LogP contribution is 2.36. The fourth-order valence-corrected chi connectivity index (χ4v) is 5.89. The maximum atomic E-state index is 13.4. The molecule has 0 fully saturated rings. The molecular formula is C25H22ClNO5S. The average molecular weight is 484 g/mol. The third-order valence-corrected chi connectivity index (χ3v) is 7.69. The molecule has 0 N–H and O–H groups in total. The summed E-state index contributed by atoms with van der Waals surface area (Å²) in [5, 5.41) is 0.398. The van der Waals surface area contributed by atoms with Crippen LogP contribution in [0.3, 0.4) is 0 Å². The molecule has 0 bridgehead atoms. The minimum absolute atomic E-state index is 0.0191. The van der Waals surface area contributed by atoms with E-state index in [1.807, 2.05) is 19.1 Å². The molecule has 1 heterocycles. The Kier molecular flexibility index (Phi) is 6.28. The first-order valence-electron chi connectivity index (χ1n) is 10.4. The summed E-state index contributed by atoms with van der Waals surface area (Å²) in [6, 6.07) is 19.1. The first kappa shape index (κ1) is 23.0. The largest absolute Gasteiger partial charge is 0.451 e. The van der Waals surface area contributed by atoms with Gasteiger partial charge in [-0.3, -0.25) is 9.10 Å². The summed E-state index contributed by atoms with van der Waals surface area (Å²) in [6.45, 7) is 3.31. The van der Waals surface area contributed by atoms with E-state index in [4.69, 9.17) is 16.3 Å². The van der Waals surface area contributed by atoms with Crippen LogP contribution in [0.25, 0.3) is 0 Å². The lowest BCUT2D eigenvalue weighted by molar-refractivity contribution is 0.0318. The van der Waals surface area contributed by atoms with Crippen LogP contribution in [0, 0.1) is 0 Å². The van der Waals surface area contributed by atoms with Gasteiger partial charge in [-0.1, -0.05) is 48.0 Å². The molecule has 0 radical (unpaired) electrons. The third kappa shape index (κ3) is 4.51. The quantitative estimate of drug-likeness (QED) is 0.367. The number of benzene rings is 3. The third-order valence-electron chi connectivity index (χ3n) is 5.53. The van der Waals surface area contributed by atoms with Gasteiger partial charge in [0.1, 0.15) is 0 Å². The maximum Gasteiger partial charge on any atom is 0.338 e. The predicted octanol–water partition coefficient (Wildman–Crippen LogP) is 4.91. The second-order valence-corrected chi connectivity index (χ2v) is 10.2. The summed E-state index contributed by atoms with van der Waals surface area (Å²) >= 11 is 5.93. The maximum absolute atomic E-state index is 13.4. The van der Waals surface area contributed by atoms with Crippen LogP contribution in [0.1, 0.15) is 40.1 Å². The predicted molar refractivity (Wildman–Crippen MR) is 126 cm³/mol. The molecule has 0 saturated heterocycles. The Morgan fingerprint density at radius 3 is 2.45 bits per heavy atom. The number of carbonyl (C=O) groups is 2. The summed E-state index contributed by atoms with van der Waals surface area (Å²) < 4.78 is 33.6. The van der Waals surface area contributed by atoms with Gasteiger partial charge in [0.25, 0.3) is 10.0 Å². The van der Waals surface area contributed by atoms with Crippen molar-refractivity contribution < 1.29 is 22.7 Å². The first-order chi connectivity index (χ1) is 15.7. The van der Waals surface area contributed by atoms with E-state index >= 15 is 0 Å². The zero-order chi connectivity index (χ0) is 23.8. The van der Waals surface area contributed by atoms with Crippen LogP contribution in [0.2, 0.25) is 5.02 Å². The molecule has 0 aromatic heterocycles. The molecule has 1 aliphatic heterocycles. The van der Waals surface area contributed by atoms with Crippen LogP contribution in [0.15, 0.2) is 77.7 Å². The van der Waals surface area contributed by atoms with Gasteiger partial charge in [0.2, 0.25) is 5.78 Å². The lowest BCUT2D eigenvalue weighted by Crippen LogP contribution is -2.35. The number of fused-ring (bicyclic) bond motifs is 1. The summed E-state index contributed by atoms with van der Waals surface area (Å²) in [4.78, 5) is 25.3. The van der Waals surface area contributed by atoms with Gasteiger partial charge in [0, 0.05) is 16.6 Å². The zero-order valence-corrected chi connectivity index (χ0v) is 19.6. The van der Waals surface area contributed by atoms with E-state index in [9.17, 15) is 18.0 Å². The highest BCUT2D eigenvalue weighted by Gasteiger charge is 2.36. The number of carbonyl (C=O) groups excluding carboxylic acids is 2. The number of Topliss-reactive ketones (excluding diaryl/α,β-unsaturated/α-hetero) is 1. The molecule has 0 aliphatic carbocycles. The van der Waals surface area contributed by atoms with Gasteiger partial charge in [-0.05, 0) is 62.2 Å². The number of rotatable bonds is 6. The minimum atomic E-state index is -3.91. The van der Waals surface area contributed by atoms with Crippen molar-refractivity contribution >= 4 is 39.1 Å². The summed E-state index contributed by atoms with van der Waals surface area (Å²) in [5.41, 5.74) is 1.96. The van der Waals surface area contributed by atoms with Crippen LogP contribution in [0.5, 0.6) is 0 Å². The molecule has 0 saturated carbocycles. The van der Waals surface area contributed by atoms with Crippen LogP contribution in [-0.2, 0) is 21.2 Å². The summed E-state index contributed by atoms with van der Waals surface area (Å²) in [5.74, 6) is -1.19. The van der Waals surface area contributed by atoms with Gasteiger partial charge >= 0.3 is 5.97 Å². The first-order valence-corrected chi connectivity index (χ1v) is 12.2. The molecule has 33 heavy (non-hydrogen) atoms. The SMILES string of the molecule is CC(OC(=O)c1cccc(S(=O)(=O)N2c3ccccc3CC2C)c1)C(=O)c1cccc(Cl)c1. The van der Waals surface area contributed by atoms with Crippen molar-refractivity contribution in [2.75, 3.05) is 4.31 Å².